The average molecular weight is 501 g/mol. The molecule has 2 aliphatic heterocycles. The highest BCUT2D eigenvalue weighted by Crippen LogP contribution is 2.46. The number of ether oxygens (including phenoxy) is 1. The van der Waals surface area contributed by atoms with E-state index in [-0.39, 0.29) is 23.9 Å². The van der Waals surface area contributed by atoms with Crippen molar-refractivity contribution in [2.24, 2.45) is 5.92 Å². The van der Waals surface area contributed by atoms with Crippen molar-refractivity contribution in [3.8, 4) is 16.9 Å². The van der Waals surface area contributed by atoms with Crippen molar-refractivity contribution < 1.29 is 14.1 Å². The molecule has 5 heterocycles. The van der Waals surface area contributed by atoms with Gasteiger partial charge in [-0.3, -0.25) is 14.3 Å². The molecule has 1 amide bonds. The number of hydrogen-bond donors (Lipinski definition) is 0. The van der Waals surface area contributed by atoms with Gasteiger partial charge in [-0.2, -0.15) is 0 Å². The fraction of sp³-hybridized carbons (Fsp3) is 0.429. The van der Waals surface area contributed by atoms with Crippen molar-refractivity contribution in [3.63, 3.8) is 0 Å². The number of aromatic nitrogens is 4. The fourth-order valence-corrected chi connectivity index (χ4v) is 5.70. The molecule has 0 N–H and O–H groups in total. The molecule has 6 rings (SSSR count). The second-order valence-electron chi connectivity index (χ2n) is 10.4. The van der Waals surface area contributed by atoms with Crippen molar-refractivity contribution in [1.29, 1.82) is 0 Å². The third-order valence-electron chi connectivity index (χ3n) is 7.50. The van der Waals surface area contributed by atoms with E-state index in [2.05, 4.69) is 26.5 Å². The molecule has 4 aromatic rings. The Morgan fingerprint density at radius 2 is 1.97 bits per heavy atom. The molecular weight excluding hydrogens is 468 g/mol. The van der Waals surface area contributed by atoms with Gasteiger partial charge in [-0.15, -0.1) is 0 Å². The van der Waals surface area contributed by atoms with E-state index in [0.717, 1.165) is 51.0 Å². The Labute approximate surface area is 216 Å². The van der Waals surface area contributed by atoms with Crippen LogP contribution in [-0.4, -0.2) is 62.8 Å². The highest BCUT2D eigenvalue weighted by Gasteiger charge is 2.36. The van der Waals surface area contributed by atoms with Crippen molar-refractivity contribution in [3.05, 3.63) is 53.7 Å². The van der Waals surface area contributed by atoms with Crippen LogP contribution in [0.3, 0.4) is 0 Å². The molecular formula is C28H32N6O3. The topological polar surface area (TPSA) is 89.5 Å². The maximum Gasteiger partial charge on any atom is 0.225 e. The van der Waals surface area contributed by atoms with Gasteiger partial charge in [0.2, 0.25) is 11.9 Å². The van der Waals surface area contributed by atoms with Gasteiger partial charge in [0.05, 0.1) is 22.5 Å². The van der Waals surface area contributed by atoms with Crippen LogP contribution in [-0.2, 0) is 4.79 Å². The minimum Gasteiger partial charge on any atom is -0.488 e. The van der Waals surface area contributed by atoms with Gasteiger partial charge in [0.25, 0.3) is 0 Å². The molecule has 192 valence electrons. The molecule has 3 aromatic heterocycles. The monoisotopic (exact) mass is 500 g/mol. The van der Waals surface area contributed by atoms with Crippen LogP contribution in [0.15, 0.2) is 41.1 Å². The van der Waals surface area contributed by atoms with E-state index in [1.807, 2.05) is 69.1 Å². The summed E-state index contributed by atoms with van der Waals surface area (Å²) in [5.74, 6) is 2.62. The van der Waals surface area contributed by atoms with E-state index >= 15 is 0 Å². The molecule has 9 heteroatoms. The largest absolute Gasteiger partial charge is 0.488 e. The van der Waals surface area contributed by atoms with E-state index < -0.39 is 0 Å². The summed E-state index contributed by atoms with van der Waals surface area (Å²) in [5, 5.41) is 4.17. The molecule has 2 atom stereocenters. The van der Waals surface area contributed by atoms with Crippen molar-refractivity contribution in [2.75, 3.05) is 31.1 Å². The fourth-order valence-electron chi connectivity index (χ4n) is 5.70. The van der Waals surface area contributed by atoms with E-state index in [0.29, 0.717) is 26.2 Å². The van der Waals surface area contributed by atoms with Gasteiger partial charge in [0, 0.05) is 43.4 Å². The molecule has 0 bridgehead atoms. The van der Waals surface area contributed by atoms with Crippen LogP contribution >= 0.6 is 0 Å². The normalized spacial score (nSPS) is 19.5. The lowest BCUT2D eigenvalue weighted by Crippen LogP contribution is -2.55. The maximum absolute atomic E-state index is 12.8. The van der Waals surface area contributed by atoms with Gasteiger partial charge < -0.3 is 19.1 Å². The predicted octanol–water partition coefficient (Wildman–Crippen LogP) is 4.38. The van der Waals surface area contributed by atoms with Gasteiger partial charge >= 0.3 is 0 Å². The third kappa shape index (κ3) is 3.75. The first-order chi connectivity index (χ1) is 17.8. The van der Waals surface area contributed by atoms with Gasteiger partial charge in [-0.05, 0) is 45.0 Å². The third-order valence-corrected chi connectivity index (χ3v) is 7.50. The van der Waals surface area contributed by atoms with E-state index in [1.54, 1.807) is 0 Å². The summed E-state index contributed by atoms with van der Waals surface area (Å²) < 4.78 is 14.2. The van der Waals surface area contributed by atoms with Gasteiger partial charge in [-0.25, -0.2) is 4.98 Å². The zero-order chi connectivity index (χ0) is 25.8. The first kappa shape index (κ1) is 23.5. The van der Waals surface area contributed by atoms with Gasteiger partial charge in [-0.1, -0.05) is 25.1 Å². The molecule has 1 fully saturated rings. The molecule has 2 aliphatic rings. The number of carbonyl (C=O) groups excluding carboxylic acids is 1. The lowest BCUT2D eigenvalue weighted by Gasteiger charge is -2.41. The molecule has 37 heavy (non-hydrogen) atoms. The Balaban J connectivity index is 1.50. The van der Waals surface area contributed by atoms with Crippen LogP contribution in [0.4, 0.5) is 5.95 Å². The number of piperazine rings is 1. The van der Waals surface area contributed by atoms with E-state index in [4.69, 9.17) is 14.2 Å². The average Bonchev–Trinajstić information content (AvgIpc) is 3.45. The Morgan fingerprint density at radius 1 is 1.14 bits per heavy atom. The molecule has 0 radical (unpaired) electrons. The standard InChI is InChI=1S/C28H32N6O3/c1-16(2)27(35)33-13-12-32(14-17(33)3)28-30-22-10-9-20(24-18(4)31-37-19(24)5)26-25(22)34(28)23(15-36-26)21-8-6-7-11-29-21/h6-11,16-17,23H,12-15H2,1-5H3/t17-,23-/m1/s1. The SMILES string of the molecule is Cc1noc(C)c1-c1ccc2nc(N3CCN(C(=O)C(C)C)[C@H](C)C3)n3c2c1OC[C@@H]3c1ccccn1. The molecule has 9 nitrogen and oxygen atoms in total. The molecule has 0 saturated carbocycles. The zero-order valence-electron chi connectivity index (χ0n) is 21.9. The Morgan fingerprint density at radius 3 is 2.65 bits per heavy atom. The Kier molecular flexibility index (Phi) is 5.66. The number of pyridine rings is 1. The quantitative estimate of drug-likeness (QED) is 0.411. The molecule has 1 aromatic carbocycles. The first-order valence-corrected chi connectivity index (χ1v) is 12.9. The van der Waals surface area contributed by atoms with E-state index in [1.165, 1.54) is 0 Å². The van der Waals surface area contributed by atoms with Crippen LogP contribution < -0.4 is 9.64 Å². The van der Waals surface area contributed by atoms with Crippen LogP contribution in [0.1, 0.15) is 44.0 Å². The molecule has 0 unspecified atom stereocenters. The van der Waals surface area contributed by atoms with E-state index in [9.17, 15) is 4.79 Å². The minimum atomic E-state index is -0.126. The summed E-state index contributed by atoms with van der Waals surface area (Å²) in [4.78, 5) is 26.9. The van der Waals surface area contributed by atoms with Crippen molar-refractivity contribution in [2.45, 2.75) is 46.7 Å². The smallest absolute Gasteiger partial charge is 0.225 e. The Bertz CT molecular complexity index is 1450. The van der Waals surface area contributed by atoms with Crippen LogP contribution in [0.5, 0.6) is 5.75 Å². The first-order valence-electron chi connectivity index (χ1n) is 12.9. The molecule has 1 saturated heterocycles. The second-order valence-corrected chi connectivity index (χ2v) is 10.4. The minimum absolute atomic E-state index is 0.0137. The van der Waals surface area contributed by atoms with Crippen LogP contribution in [0.25, 0.3) is 22.2 Å². The zero-order valence-corrected chi connectivity index (χ0v) is 21.9. The lowest BCUT2D eigenvalue weighted by molar-refractivity contribution is -0.136. The highest BCUT2D eigenvalue weighted by atomic mass is 16.5. The number of benzene rings is 1. The number of imidazole rings is 1. The summed E-state index contributed by atoms with van der Waals surface area (Å²) in [5.41, 5.74) is 5.48. The summed E-state index contributed by atoms with van der Waals surface area (Å²) in [6, 6.07) is 10.0. The second kappa shape index (κ2) is 8.90. The number of nitrogens with zero attached hydrogens (tertiary/aromatic N) is 6. The number of hydrogen-bond acceptors (Lipinski definition) is 7. The number of amides is 1. The summed E-state index contributed by atoms with van der Waals surface area (Å²) in [6.07, 6.45) is 1.82. The summed E-state index contributed by atoms with van der Waals surface area (Å²) in [7, 11) is 0. The lowest BCUT2D eigenvalue weighted by atomic mass is 10.0. The predicted molar refractivity (Wildman–Crippen MR) is 141 cm³/mol. The van der Waals surface area contributed by atoms with Gasteiger partial charge in [0.1, 0.15) is 23.9 Å². The molecule has 0 spiro atoms. The number of anilines is 1. The van der Waals surface area contributed by atoms with Crippen molar-refractivity contribution >= 4 is 22.9 Å². The maximum atomic E-state index is 12.8. The number of rotatable bonds is 4. The van der Waals surface area contributed by atoms with Gasteiger partial charge in [0.15, 0.2) is 5.75 Å². The van der Waals surface area contributed by atoms with Crippen molar-refractivity contribution in [1.82, 2.24) is 24.6 Å². The summed E-state index contributed by atoms with van der Waals surface area (Å²) >= 11 is 0. The van der Waals surface area contributed by atoms with Crippen LogP contribution in [0.2, 0.25) is 0 Å². The highest BCUT2D eigenvalue weighted by molar-refractivity contribution is 5.94. The number of aryl methyl sites for hydroxylation is 2. The summed E-state index contributed by atoms with van der Waals surface area (Å²) in [6.45, 7) is 12.4. The number of carbonyl (C=O) groups is 1. The Hall–Kier alpha value is -3.88. The van der Waals surface area contributed by atoms with Crippen LogP contribution in [0, 0.1) is 19.8 Å². The molecule has 0 aliphatic carbocycles.